The second-order valence-electron chi connectivity index (χ2n) is 4.12. The minimum Gasteiger partial charge on any atom is -0.398 e. The summed E-state index contributed by atoms with van der Waals surface area (Å²) in [6.45, 7) is 3.61. The zero-order valence-electron chi connectivity index (χ0n) is 9.66. The number of nitrogens with one attached hydrogen (secondary N) is 1. The van der Waals surface area contributed by atoms with Crippen molar-refractivity contribution in [2.75, 3.05) is 12.8 Å². The van der Waals surface area contributed by atoms with Crippen molar-refractivity contribution in [3.8, 4) is 6.07 Å². The third kappa shape index (κ3) is 2.14. The van der Waals surface area contributed by atoms with Crippen LogP contribution < -0.4 is 11.1 Å². The standard InChI is InChI=1S/C12H15N3O/c1-12(2,7-13)8-4-5-9(10(14)6-8)11(16)15-3/h4-6H,14H2,1-3H3,(H,15,16). The minimum atomic E-state index is -0.602. The van der Waals surface area contributed by atoms with Gasteiger partial charge in [-0.15, -0.1) is 0 Å². The molecule has 0 aromatic heterocycles. The number of anilines is 1. The highest BCUT2D eigenvalue weighted by atomic mass is 16.1. The van der Waals surface area contributed by atoms with Crippen molar-refractivity contribution in [3.05, 3.63) is 29.3 Å². The molecule has 4 nitrogen and oxygen atoms in total. The molecular formula is C12H15N3O. The van der Waals surface area contributed by atoms with Gasteiger partial charge in [-0.25, -0.2) is 0 Å². The van der Waals surface area contributed by atoms with Gasteiger partial charge < -0.3 is 11.1 Å². The molecule has 0 atom stereocenters. The number of nitrogen functional groups attached to an aromatic ring is 1. The zero-order chi connectivity index (χ0) is 12.3. The van der Waals surface area contributed by atoms with E-state index in [4.69, 9.17) is 11.0 Å². The molecular weight excluding hydrogens is 202 g/mol. The van der Waals surface area contributed by atoms with Crippen LogP contribution in [0, 0.1) is 11.3 Å². The fraction of sp³-hybridized carbons (Fsp3) is 0.333. The average Bonchev–Trinajstić information content (AvgIpc) is 2.28. The lowest BCUT2D eigenvalue weighted by Crippen LogP contribution is -2.20. The summed E-state index contributed by atoms with van der Waals surface area (Å²) in [5.41, 5.74) is 6.80. The van der Waals surface area contributed by atoms with Crippen molar-refractivity contribution in [2.45, 2.75) is 19.3 Å². The number of carbonyl (C=O) groups is 1. The second-order valence-corrected chi connectivity index (χ2v) is 4.12. The van der Waals surface area contributed by atoms with Crippen LogP contribution in [0.2, 0.25) is 0 Å². The molecule has 0 aliphatic rings. The highest BCUT2D eigenvalue weighted by Gasteiger charge is 2.21. The van der Waals surface area contributed by atoms with Gasteiger partial charge in [0, 0.05) is 12.7 Å². The molecule has 0 radical (unpaired) electrons. The summed E-state index contributed by atoms with van der Waals surface area (Å²) >= 11 is 0. The Morgan fingerprint density at radius 3 is 2.56 bits per heavy atom. The van der Waals surface area contributed by atoms with E-state index in [0.29, 0.717) is 11.3 Å². The van der Waals surface area contributed by atoms with Crippen LogP contribution in [-0.2, 0) is 5.41 Å². The van der Waals surface area contributed by atoms with Crippen molar-refractivity contribution in [3.63, 3.8) is 0 Å². The van der Waals surface area contributed by atoms with Crippen molar-refractivity contribution in [1.82, 2.24) is 5.32 Å². The molecule has 0 saturated carbocycles. The fourth-order valence-corrected chi connectivity index (χ4v) is 1.36. The molecule has 3 N–H and O–H groups in total. The highest BCUT2D eigenvalue weighted by molar-refractivity contribution is 5.99. The second kappa shape index (κ2) is 4.23. The van der Waals surface area contributed by atoms with Gasteiger partial charge in [-0.3, -0.25) is 4.79 Å². The number of nitrogens with zero attached hydrogens (tertiary/aromatic N) is 1. The van der Waals surface area contributed by atoms with Gasteiger partial charge in [-0.1, -0.05) is 6.07 Å². The predicted molar refractivity (Wildman–Crippen MR) is 62.9 cm³/mol. The van der Waals surface area contributed by atoms with Gasteiger partial charge >= 0.3 is 0 Å². The van der Waals surface area contributed by atoms with Crippen LogP contribution in [0.15, 0.2) is 18.2 Å². The summed E-state index contributed by atoms with van der Waals surface area (Å²) in [6.07, 6.45) is 0. The molecule has 0 spiro atoms. The Morgan fingerprint density at radius 1 is 1.50 bits per heavy atom. The topological polar surface area (TPSA) is 78.9 Å². The Labute approximate surface area is 95.1 Å². The molecule has 0 saturated heterocycles. The molecule has 1 aromatic carbocycles. The molecule has 0 bridgehead atoms. The van der Waals surface area contributed by atoms with Gasteiger partial charge in [0.2, 0.25) is 0 Å². The predicted octanol–water partition coefficient (Wildman–Crippen LogP) is 1.43. The van der Waals surface area contributed by atoms with Gasteiger partial charge in [0.25, 0.3) is 5.91 Å². The Morgan fingerprint density at radius 2 is 2.12 bits per heavy atom. The van der Waals surface area contributed by atoms with E-state index in [-0.39, 0.29) is 5.91 Å². The Hall–Kier alpha value is -2.02. The summed E-state index contributed by atoms with van der Waals surface area (Å²) in [5, 5.41) is 11.5. The van der Waals surface area contributed by atoms with E-state index >= 15 is 0 Å². The van der Waals surface area contributed by atoms with Gasteiger partial charge in [0.05, 0.1) is 17.0 Å². The lowest BCUT2D eigenvalue weighted by molar-refractivity contribution is 0.0964. The van der Waals surface area contributed by atoms with Crippen LogP contribution >= 0.6 is 0 Å². The monoisotopic (exact) mass is 217 g/mol. The molecule has 16 heavy (non-hydrogen) atoms. The van der Waals surface area contributed by atoms with E-state index in [1.54, 1.807) is 39.1 Å². The number of nitrogens with two attached hydrogens (primary N) is 1. The maximum Gasteiger partial charge on any atom is 0.253 e. The van der Waals surface area contributed by atoms with E-state index < -0.39 is 5.41 Å². The molecule has 1 amide bonds. The largest absolute Gasteiger partial charge is 0.398 e. The van der Waals surface area contributed by atoms with E-state index in [1.807, 2.05) is 0 Å². The molecule has 1 rings (SSSR count). The summed E-state index contributed by atoms with van der Waals surface area (Å²) in [7, 11) is 1.55. The molecule has 0 unspecified atom stereocenters. The average molecular weight is 217 g/mol. The van der Waals surface area contributed by atoms with Crippen LogP contribution in [0.1, 0.15) is 29.8 Å². The van der Waals surface area contributed by atoms with E-state index in [0.717, 1.165) is 5.56 Å². The highest BCUT2D eigenvalue weighted by Crippen LogP contribution is 2.25. The van der Waals surface area contributed by atoms with Gasteiger partial charge in [0.1, 0.15) is 0 Å². The van der Waals surface area contributed by atoms with Crippen molar-refractivity contribution >= 4 is 11.6 Å². The van der Waals surface area contributed by atoms with Gasteiger partial charge in [-0.05, 0) is 31.5 Å². The van der Waals surface area contributed by atoms with Gasteiger partial charge in [-0.2, -0.15) is 5.26 Å². The van der Waals surface area contributed by atoms with Crippen LogP contribution in [0.5, 0.6) is 0 Å². The van der Waals surface area contributed by atoms with Crippen LogP contribution in [-0.4, -0.2) is 13.0 Å². The van der Waals surface area contributed by atoms with Crippen LogP contribution in [0.3, 0.4) is 0 Å². The number of carbonyl (C=O) groups excluding carboxylic acids is 1. The van der Waals surface area contributed by atoms with Crippen molar-refractivity contribution < 1.29 is 4.79 Å². The minimum absolute atomic E-state index is 0.223. The fourth-order valence-electron chi connectivity index (χ4n) is 1.36. The molecule has 0 heterocycles. The van der Waals surface area contributed by atoms with E-state index in [9.17, 15) is 4.79 Å². The first-order chi connectivity index (χ1) is 7.42. The summed E-state index contributed by atoms with van der Waals surface area (Å²) in [6, 6.07) is 7.26. The first kappa shape index (κ1) is 12.1. The third-order valence-electron chi connectivity index (χ3n) is 2.52. The number of hydrogen-bond donors (Lipinski definition) is 2. The first-order valence-corrected chi connectivity index (χ1v) is 4.95. The van der Waals surface area contributed by atoms with Gasteiger partial charge in [0.15, 0.2) is 0 Å². The number of rotatable bonds is 2. The van der Waals surface area contributed by atoms with Crippen LogP contribution in [0.25, 0.3) is 0 Å². The van der Waals surface area contributed by atoms with E-state index in [1.165, 1.54) is 0 Å². The van der Waals surface area contributed by atoms with E-state index in [2.05, 4.69) is 11.4 Å². The maximum atomic E-state index is 11.4. The smallest absolute Gasteiger partial charge is 0.253 e. The Balaban J connectivity index is 3.20. The summed E-state index contributed by atoms with van der Waals surface area (Å²) in [4.78, 5) is 11.4. The molecule has 4 heteroatoms. The molecule has 0 aliphatic carbocycles. The normalized spacial score (nSPS) is 10.6. The number of hydrogen-bond acceptors (Lipinski definition) is 3. The summed E-state index contributed by atoms with van der Waals surface area (Å²) < 4.78 is 0. The molecule has 0 fully saturated rings. The van der Waals surface area contributed by atoms with Crippen molar-refractivity contribution in [1.29, 1.82) is 5.26 Å². The zero-order valence-corrected chi connectivity index (χ0v) is 9.66. The maximum absolute atomic E-state index is 11.4. The molecule has 1 aromatic rings. The Kier molecular flexibility index (Phi) is 3.19. The number of amides is 1. The number of nitriles is 1. The molecule has 84 valence electrons. The third-order valence-corrected chi connectivity index (χ3v) is 2.52. The first-order valence-electron chi connectivity index (χ1n) is 4.95. The molecule has 0 aliphatic heterocycles. The van der Waals surface area contributed by atoms with Crippen molar-refractivity contribution in [2.24, 2.45) is 0 Å². The Bertz CT molecular complexity index is 458. The summed E-state index contributed by atoms with van der Waals surface area (Å²) in [5.74, 6) is -0.223. The number of benzene rings is 1. The lowest BCUT2D eigenvalue weighted by Gasteiger charge is -2.17. The van der Waals surface area contributed by atoms with Crippen LogP contribution in [0.4, 0.5) is 5.69 Å². The SMILES string of the molecule is CNC(=O)c1ccc(C(C)(C)C#N)cc1N. The quantitative estimate of drug-likeness (QED) is 0.735. The lowest BCUT2D eigenvalue weighted by atomic mass is 9.85.